The summed E-state index contributed by atoms with van der Waals surface area (Å²) in [7, 11) is 4.30. The van der Waals surface area contributed by atoms with Crippen molar-refractivity contribution in [3.8, 4) is 0 Å². The Bertz CT molecular complexity index is 159. The first kappa shape index (κ1) is 15.9. The molecule has 0 aliphatic heterocycles. The third-order valence-electron chi connectivity index (χ3n) is 3.44. The van der Waals surface area contributed by atoms with Crippen LogP contribution in [0.1, 0.15) is 27.7 Å². The summed E-state index contributed by atoms with van der Waals surface area (Å²) in [5.41, 5.74) is 5.76. The van der Waals surface area contributed by atoms with Crippen molar-refractivity contribution in [2.75, 3.05) is 33.7 Å². The van der Waals surface area contributed by atoms with E-state index in [2.05, 4.69) is 52.0 Å². The highest BCUT2D eigenvalue weighted by Gasteiger charge is 2.16. The Hall–Kier alpha value is -0.120. The molecule has 2 atom stereocenters. The van der Waals surface area contributed by atoms with Gasteiger partial charge in [-0.05, 0) is 44.9 Å². The lowest BCUT2D eigenvalue weighted by Gasteiger charge is -2.29. The molecule has 0 saturated carbocycles. The Morgan fingerprint density at radius 1 is 1.00 bits per heavy atom. The lowest BCUT2D eigenvalue weighted by Crippen LogP contribution is -2.43. The van der Waals surface area contributed by atoms with E-state index in [0.717, 1.165) is 19.6 Å². The van der Waals surface area contributed by atoms with E-state index >= 15 is 0 Å². The molecular formula is C13H31N3. The van der Waals surface area contributed by atoms with Gasteiger partial charge in [0.05, 0.1) is 0 Å². The van der Waals surface area contributed by atoms with Gasteiger partial charge in [0, 0.05) is 12.6 Å². The number of hydrogen-bond donors (Lipinski definition) is 2. The number of likely N-dealkylation sites (N-methyl/N-ethyl adjacent to an activating group) is 1. The fraction of sp³-hybridized carbons (Fsp3) is 1.00. The van der Waals surface area contributed by atoms with Crippen molar-refractivity contribution in [3.63, 3.8) is 0 Å². The highest BCUT2D eigenvalue weighted by molar-refractivity contribution is 4.74. The van der Waals surface area contributed by atoms with Crippen molar-refractivity contribution in [2.24, 2.45) is 23.5 Å². The molecule has 0 aromatic heterocycles. The molecule has 0 bridgehead atoms. The highest BCUT2D eigenvalue weighted by Crippen LogP contribution is 2.09. The Kier molecular flexibility index (Phi) is 7.98. The zero-order valence-corrected chi connectivity index (χ0v) is 12.0. The van der Waals surface area contributed by atoms with Crippen LogP contribution in [0.25, 0.3) is 0 Å². The van der Waals surface area contributed by atoms with E-state index < -0.39 is 0 Å². The predicted octanol–water partition coefficient (Wildman–Crippen LogP) is 1.39. The van der Waals surface area contributed by atoms with E-state index in [1.165, 1.54) is 0 Å². The van der Waals surface area contributed by atoms with Gasteiger partial charge >= 0.3 is 0 Å². The van der Waals surface area contributed by atoms with Gasteiger partial charge in [0.2, 0.25) is 0 Å². The van der Waals surface area contributed by atoms with Crippen LogP contribution >= 0.6 is 0 Å². The molecule has 2 unspecified atom stereocenters. The van der Waals surface area contributed by atoms with Gasteiger partial charge in [0.25, 0.3) is 0 Å². The first-order chi connectivity index (χ1) is 7.40. The second-order valence-electron chi connectivity index (χ2n) is 5.67. The van der Waals surface area contributed by atoms with Crippen molar-refractivity contribution in [1.82, 2.24) is 10.2 Å². The predicted molar refractivity (Wildman–Crippen MR) is 72.6 cm³/mol. The number of hydrogen-bond acceptors (Lipinski definition) is 3. The molecule has 0 heterocycles. The molecule has 0 spiro atoms. The molecule has 98 valence electrons. The standard InChI is InChI=1S/C13H31N3/c1-10(2)12(7-14)8-15-9-13(11(3)4)16(5)6/h10-13,15H,7-9,14H2,1-6H3. The molecule has 0 rings (SSSR count). The zero-order valence-electron chi connectivity index (χ0n) is 12.0. The maximum Gasteiger partial charge on any atom is 0.0237 e. The van der Waals surface area contributed by atoms with Gasteiger partial charge < -0.3 is 16.0 Å². The maximum atomic E-state index is 5.76. The van der Waals surface area contributed by atoms with Gasteiger partial charge in [0.1, 0.15) is 0 Å². The van der Waals surface area contributed by atoms with Gasteiger partial charge in [0.15, 0.2) is 0 Å². The monoisotopic (exact) mass is 229 g/mol. The summed E-state index contributed by atoms with van der Waals surface area (Å²) in [5.74, 6) is 1.93. The van der Waals surface area contributed by atoms with E-state index in [4.69, 9.17) is 5.73 Å². The molecule has 0 aliphatic rings. The summed E-state index contributed by atoms with van der Waals surface area (Å²) in [4.78, 5) is 2.30. The minimum absolute atomic E-state index is 0.593. The van der Waals surface area contributed by atoms with Crippen LogP contribution in [0.5, 0.6) is 0 Å². The molecule has 3 N–H and O–H groups in total. The second kappa shape index (κ2) is 8.04. The van der Waals surface area contributed by atoms with Crippen LogP contribution in [0.3, 0.4) is 0 Å². The van der Waals surface area contributed by atoms with Gasteiger partial charge in [-0.15, -0.1) is 0 Å². The van der Waals surface area contributed by atoms with Gasteiger partial charge in [-0.2, -0.15) is 0 Å². The van der Waals surface area contributed by atoms with Crippen LogP contribution in [-0.2, 0) is 0 Å². The lowest BCUT2D eigenvalue weighted by atomic mass is 9.95. The molecule has 0 amide bonds. The Labute approximate surface area is 102 Å². The fourth-order valence-electron chi connectivity index (χ4n) is 2.02. The SMILES string of the molecule is CC(C)C(CN)CNCC(C(C)C)N(C)C. The van der Waals surface area contributed by atoms with Crippen LogP contribution in [0.15, 0.2) is 0 Å². The third-order valence-corrected chi connectivity index (χ3v) is 3.44. The number of rotatable bonds is 8. The van der Waals surface area contributed by atoms with Crippen LogP contribution < -0.4 is 11.1 Å². The Morgan fingerprint density at radius 3 is 1.88 bits per heavy atom. The van der Waals surface area contributed by atoms with E-state index in [1.54, 1.807) is 0 Å². The quantitative estimate of drug-likeness (QED) is 0.661. The van der Waals surface area contributed by atoms with Crippen molar-refractivity contribution in [2.45, 2.75) is 33.7 Å². The Morgan fingerprint density at radius 2 is 1.56 bits per heavy atom. The molecule has 16 heavy (non-hydrogen) atoms. The summed E-state index contributed by atoms with van der Waals surface area (Å²) in [6.07, 6.45) is 0. The zero-order chi connectivity index (χ0) is 12.7. The molecule has 3 heteroatoms. The van der Waals surface area contributed by atoms with Crippen molar-refractivity contribution in [1.29, 1.82) is 0 Å². The van der Waals surface area contributed by atoms with Crippen molar-refractivity contribution in [3.05, 3.63) is 0 Å². The number of nitrogens with one attached hydrogen (secondary N) is 1. The van der Waals surface area contributed by atoms with Crippen LogP contribution in [0.2, 0.25) is 0 Å². The number of nitrogens with two attached hydrogens (primary N) is 1. The molecular weight excluding hydrogens is 198 g/mol. The molecule has 3 nitrogen and oxygen atoms in total. The highest BCUT2D eigenvalue weighted by atomic mass is 15.1. The van der Waals surface area contributed by atoms with E-state index in [0.29, 0.717) is 23.8 Å². The Balaban J connectivity index is 3.94. The van der Waals surface area contributed by atoms with E-state index in [1.807, 2.05) is 0 Å². The van der Waals surface area contributed by atoms with Gasteiger partial charge in [-0.1, -0.05) is 27.7 Å². The third kappa shape index (κ3) is 5.83. The minimum Gasteiger partial charge on any atom is -0.330 e. The lowest BCUT2D eigenvalue weighted by molar-refractivity contribution is 0.219. The summed E-state index contributed by atoms with van der Waals surface area (Å²) >= 11 is 0. The first-order valence-corrected chi connectivity index (χ1v) is 6.47. The fourth-order valence-corrected chi connectivity index (χ4v) is 2.02. The summed E-state index contributed by atoms with van der Waals surface area (Å²) in [6, 6.07) is 0.602. The average molecular weight is 229 g/mol. The van der Waals surface area contributed by atoms with Crippen LogP contribution in [-0.4, -0.2) is 44.7 Å². The summed E-state index contributed by atoms with van der Waals surface area (Å²) in [5, 5.41) is 3.56. The van der Waals surface area contributed by atoms with E-state index in [9.17, 15) is 0 Å². The number of nitrogens with zero attached hydrogens (tertiary/aromatic N) is 1. The minimum atomic E-state index is 0.593. The van der Waals surface area contributed by atoms with E-state index in [-0.39, 0.29) is 0 Å². The largest absolute Gasteiger partial charge is 0.330 e. The topological polar surface area (TPSA) is 41.3 Å². The molecule has 0 aromatic carbocycles. The van der Waals surface area contributed by atoms with Crippen LogP contribution in [0, 0.1) is 17.8 Å². The molecule has 0 fully saturated rings. The van der Waals surface area contributed by atoms with Crippen molar-refractivity contribution < 1.29 is 0 Å². The maximum absolute atomic E-state index is 5.76. The molecule has 0 saturated heterocycles. The van der Waals surface area contributed by atoms with Crippen LogP contribution in [0.4, 0.5) is 0 Å². The first-order valence-electron chi connectivity index (χ1n) is 6.47. The summed E-state index contributed by atoms with van der Waals surface area (Å²) in [6.45, 7) is 11.9. The molecule has 0 radical (unpaired) electrons. The summed E-state index contributed by atoms with van der Waals surface area (Å²) < 4.78 is 0. The smallest absolute Gasteiger partial charge is 0.0237 e. The van der Waals surface area contributed by atoms with Gasteiger partial charge in [-0.25, -0.2) is 0 Å². The van der Waals surface area contributed by atoms with Crippen molar-refractivity contribution >= 4 is 0 Å². The average Bonchev–Trinajstić information content (AvgIpc) is 2.15. The van der Waals surface area contributed by atoms with Gasteiger partial charge in [-0.3, -0.25) is 0 Å². The molecule has 0 aliphatic carbocycles. The molecule has 0 aromatic rings. The second-order valence-corrected chi connectivity index (χ2v) is 5.67. The normalized spacial score (nSPS) is 16.1.